The summed E-state index contributed by atoms with van der Waals surface area (Å²) in [5.74, 6) is -1.16. The van der Waals surface area contributed by atoms with Gasteiger partial charge in [-0.3, -0.25) is 9.59 Å². The van der Waals surface area contributed by atoms with E-state index in [2.05, 4.69) is 60.4 Å². The van der Waals surface area contributed by atoms with Crippen LogP contribution in [0.15, 0.2) is 97.4 Å². The van der Waals surface area contributed by atoms with Crippen LogP contribution in [0.3, 0.4) is 0 Å². The molecule has 4 atom stereocenters. The molecule has 56 heavy (non-hydrogen) atoms. The number of hydrogen-bond acceptors (Lipinski definition) is 8. The van der Waals surface area contributed by atoms with E-state index in [4.69, 9.17) is 9.47 Å². The fourth-order valence-electron chi connectivity index (χ4n) is 6.25. The van der Waals surface area contributed by atoms with Gasteiger partial charge in [-0.1, -0.05) is 99.2 Å². The summed E-state index contributed by atoms with van der Waals surface area (Å²) in [6.07, 6.45) is 11.5. The summed E-state index contributed by atoms with van der Waals surface area (Å²) in [6, 6.07) is 17.3. The molecular formula is C46H56N4O5S. The van der Waals surface area contributed by atoms with Gasteiger partial charge in [0, 0.05) is 40.7 Å². The lowest BCUT2D eigenvalue weighted by atomic mass is 9.89. The second kappa shape index (κ2) is 17.5. The molecule has 0 bridgehead atoms. The first-order chi connectivity index (χ1) is 26.3. The summed E-state index contributed by atoms with van der Waals surface area (Å²) in [5.41, 5.74) is 3.14. The van der Waals surface area contributed by atoms with Gasteiger partial charge in [-0.05, 0) is 83.6 Å². The van der Waals surface area contributed by atoms with E-state index in [9.17, 15) is 14.4 Å². The minimum atomic E-state index is -1.17. The van der Waals surface area contributed by atoms with Crippen LogP contribution in [-0.4, -0.2) is 57.1 Å². The molecule has 4 aromatic rings. The van der Waals surface area contributed by atoms with Gasteiger partial charge >= 0.3 is 5.97 Å². The van der Waals surface area contributed by atoms with Crippen molar-refractivity contribution >= 4 is 29.1 Å². The number of allylic oxidation sites excluding steroid dienone is 3. The highest BCUT2D eigenvalue weighted by Crippen LogP contribution is 2.30. The Balaban J connectivity index is 1.44. The maximum Gasteiger partial charge on any atom is 0.331 e. The molecule has 3 unspecified atom stereocenters. The quantitative estimate of drug-likeness (QED) is 0.138. The minimum absolute atomic E-state index is 0.141. The number of nitrogens with zero attached hydrogens (tertiary/aromatic N) is 2. The van der Waals surface area contributed by atoms with Crippen molar-refractivity contribution in [3.05, 3.63) is 118 Å². The molecule has 10 heteroatoms. The summed E-state index contributed by atoms with van der Waals surface area (Å²) in [7, 11) is 0. The number of aryl methyl sites for hydroxylation is 1. The molecule has 0 radical (unpaired) electrons. The van der Waals surface area contributed by atoms with Crippen molar-refractivity contribution in [2.24, 2.45) is 5.92 Å². The van der Waals surface area contributed by atoms with Crippen LogP contribution in [0.1, 0.15) is 94.4 Å². The van der Waals surface area contributed by atoms with Gasteiger partial charge in [0.15, 0.2) is 11.9 Å². The molecule has 1 aliphatic carbocycles. The zero-order valence-electron chi connectivity index (χ0n) is 34.3. The number of hydrogen-bond donors (Lipinski definition) is 2. The number of thiophene rings is 1. The Morgan fingerprint density at radius 3 is 1.98 bits per heavy atom. The zero-order valence-corrected chi connectivity index (χ0v) is 35.1. The number of carbonyl (C=O) groups is 3. The van der Waals surface area contributed by atoms with Crippen LogP contribution in [0.4, 0.5) is 0 Å². The van der Waals surface area contributed by atoms with Crippen molar-refractivity contribution in [2.45, 2.75) is 117 Å². The van der Waals surface area contributed by atoms with Crippen LogP contribution in [0, 0.1) is 12.8 Å². The Labute approximate surface area is 336 Å². The largest absolute Gasteiger partial charge is 0.458 e. The SMILES string of the molecule is Cc1ccc(-c2cnc(-c3ccc(C[C@H](NC(=O)c4ccc(C(C)(C)C)s4)C(=O)NC(C(=O)OC(C)(C)C)C(OC(C)(C)C)C4C=CC=CC4)cc3)nc2)cc1. The molecule has 1 aliphatic rings. The Morgan fingerprint density at radius 1 is 0.786 bits per heavy atom. The molecule has 0 aliphatic heterocycles. The number of esters is 1. The summed E-state index contributed by atoms with van der Waals surface area (Å²) in [4.78, 5) is 53.1. The monoisotopic (exact) mass is 776 g/mol. The van der Waals surface area contributed by atoms with E-state index in [0.717, 1.165) is 27.1 Å². The van der Waals surface area contributed by atoms with E-state index < -0.39 is 41.3 Å². The molecular weight excluding hydrogens is 721 g/mol. The number of aromatic nitrogens is 2. The van der Waals surface area contributed by atoms with Crippen molar-refractivity contribution in [1.82, 2.24) is 20.6 Å². The Kier molecular flexibility index (Phi) is 13.2. The van der Waals surface area contributed by atoms with Crippen LogP contribution in [0.25, 0.3) is 22.5 Å². The number of ether oxygens (including phenoxy) is 2. The van der Waals surface area contributed by atoms with E-state index in [1.54, 1.807) is 26.8 Å². The lowest BCUT2D eigenvalue weighted by Crippen LogP contribution is -2.59. The van der Waals surface area contributed by atoms with Gasteiger partial charge in [-0.25, -0.2) is 14.8 Å². The summed E-state index contributed by atoms with van der Waals surface area (Å²) >= 11 is 1.40. The average Bonchev–Trinajstić information content (AvgIpc) is 3.65. The smallest absolute Gasteiger partial charge is 0.331 e. The predicted octanol–water partition coefficient (Wildman–Crippen LogP) is 8.96. The van der Waals surface area contributed by atoms with E-state index in [1.807, 2.05) is 99.9 Å². The third-order valence-electron chi connectivity index (χ3n) is 9.09. The summed E-state index contributed by atoms with van der Waals surface area (Å²) in [6.45, 7) is 19.4. The zero-order chi connectivity index (χ0) is 40.8. The maximum atomic E-state index is 14.5. The highest BCUT2D eigenvalue weighted by molar-refractivity contribution is 7.14. The third-order valence-corrected chi connectivity index (χ3v) is 10.6. The second-order valence-electron chi connectivity index (χ2n) is 17.4. The number of carbonyl (C=O) groups excluding carboxylic acids is 3. The van der Waals surface area contributed by atoms with Gasteiger partial charge in [0.2, 0.25) is 5.91 Å². The van der Waals surface area contributed by atoms with Gasteiger partial charge in [-0.15, -0.1) is 11.3 Å². The summed E-state index contributed by atoms with van der Waals surface area (Å²) in [5, 5.41) is 5.99. The predicted molar refractivity (Wildman–Crippen MR) is 224 cm³/mol. The van der Waals surface area contributed by atoms with Crippen molar-refractivity contribution in [3.8, 4) is 22.5 Å². The van der Waals surface area contributed by atoms with Crippen LogP contribution >= 0.6 is 11.3 Å². The van der Waals surface area contributed by atoms with E-state index in [-0.39, 0.29) is 23.7 Å². The van der Waals surface area contributed by atoms with Gasteiger partial charge in [0.05, 0.1) is 16.6 Å². The first-order valence-electron chi connectivity index (χ1n) is 19.2. The fraction of sp³-hybridized carbons (Fsp3) is 0.413. The molecule has 2 aromatic heterocycles. The van der Waals surface area contributed by atoms with Crippen LogP contribution < -0.4 is 10.6 Å². The maximum absolute atomic E-state index is 14.5. The summed E-state index contributed by atoms with van der Waals surface area (Å²) < 4.78 is 12.4. The number of benzene rings is 2. The standard InChI is InChI=1S/C46H56N4O5S/c1-29-16-20-31(21-17-29)34-27-47-40(48-28-34)33-22-18-30(19-23-33)26-35(49-42(52)36-24-25-37(56-36)44(2,3)4)41(51)50-38(43(53)55-46(8,9)10)39(54-45(5,6)7)32-14-12-11-13-15-32/h11-14,16-25,27-28,32,35,38-39H,15,26H2,1-10H3,(H,49,52)(H,50,51)/t32?,35-,38?,39?/m0/s1. The molecule has 5 rings (SSSR count). The normalized spacial score (nSPS) is 16.1. The Bertz CT molecular complexity index is 2030. The minimum Gasteiger partial charge on any atom is -0.458 e. The molecule has 2 amide bonds. The third kappa shape index (κ3) is 11.8. The van der Waals surface area contributed by atoms with Crippen molar-refractivity contribution in [3.63, 3.8) is 0 Å². The molecule has 9 nitrogen and oxygen atoms in total. The van der Waals surface area contributed by atoms with Gasteiger partial charge < -0.3 is 20.1 Å². The van der Waals surface area contributed by atoms with Crippen molar-refractivity contribution in [1.29, 1.82) is 0 Å². The number of amides is 2. The van der Waals surface area contributed by atoms with E-state index in [1.165, 1.54) is 16.9 Å². The van der Waals surface area contributed by atoms with E-state index in [0.29, 0.717) is 17.1 Å². The topological polar surface area (TPSA) is 120 Å². The molecule has 0 fully saturated rings. The molecule has 0 saturated heterocycles. The Hall–Kier alpha value is -4.93. The molecule has 2 heterocycles. The van der Waals surface area contributed by atoms with Crippen LogP contribution in [-0.2, 0) is 30.9 Å². The fourth-order valence-corrected chi connectivity index (χ4v) is 7.21. The first kappa shape index (κ1) is 42.2. The molecule has 2 N–H and O–H groups in total. The van der Waals surface area contributed by atoms with Crippen molar-refractivity contribution < 1.29 is 23.9 Å². The lowest BCUT2D eigenvalue weighted by Gasteiger charge is -2.38. The van der Waals surface area contributed by atoms with Gasteiger partial charge in [0.1, 0.15) is 11.6 Å². The average molecular weight is 777 g/mol. The lowest BCUT2D eigenvalue weighted by molar-refractivity contribution is -0.169. The van der Waals surface area contributed by atoms with Crippen LogP contribution in [0.2, 0.25) is 0 Å². The molecule has 0 saturated carbocycles. The number of nitrogens with one attached hydrogen (secondary N) is 2. The molecule has 296 valence electrons. The van der Waals surface area contributed by atoms with E-state index >= 15 is 0 Å². The highest BCUT2D eigenvalue weighted by atomic mass is 32.1. The molecule has 0 spiro atoms. The van der Waals surface area contributed by atoms with Gasteiger partial charge in [-0.2, -0.15) is 0 Å². The van der Waals surface area contributed by atoms with Crippen LogP contribution in [0.5, 0.6) is 0 Å². The highest BCUT2D eigenvalue weighted by Gasteiger charge is 2.41. The Morgan fingerprint density at radius 2 is 1.43 bits per heavy atom. The first-order valence-corrected chi connectivity index (χ1v) is 20.0. The van der Waals surface area contributed by atoms with Crippen molar-refractivity contribution in [2.75, 3.05) is 0 Å². The van der Waals surface area contributed by atoms with Gasteiger partial charge in [0.25, 0.3) is 5.91 Å². The molecule has 2 aromatic carbocycles. The number of rotatable bonds is 12. The second-order valence-corrected chi connectivity index (χ2v) is 18.5.